The largest absolute Gasteiger partial charge is 0.508 e. The summed E-state index contributed by atoms with van der Waals surface area (Å²) in [5.41, 5.74) is 1.29. The second-order valence-electron chi connectivity index (χ2n) is 6.82. The van der Waals surface area contributed by atoms with Crippen molar-refractivity contribution in [1.82, 2.24) is 9.80 Å². The zero-order valence-corrected chi connectivity index (χ0v) is 15.9. The minimum absolute atomic E-state index is 0.0551. The van der Waals surface area contributed by atoms with Crippen molar-refractivity contribution in [2.75, 3.05) is 26.2 Å². The molecule has 2 aromatic carbocycles. The van der Waals surface area contributed by atoms with E-state index < -0.39 is 5.63 Å². The molecule has 1 aliphatic heterocycles. The van der Waals surface area contributed by atoms with Gasteiger partial charge in [-0.15, -0.1) is 0 Å². The molecule has 0 saturated carbocycles. The van der Waals surface area contributed by atoms with Gasteiger partial charge in [0.15, 0.2) is 0 Å². The van der Waals surface area contributed by atoms with Gasteiger partial charge in [-0.3, -0.25) is 9.69 Å². The monoisotopic (exact) mass is 398 g/mol. The molecule has 0 spiro atoms. The highest BCUT2D eigenvalue weighted by atomic mass is 35.5. The van der Waals surface area contributed by atoms with Crippen molar-refractivity contribution in [2.45, 2.75) is 6.54 Å². The zero-order chi connectivity index (χ0) is 19.7. The number of aromatic hydroxyl groups is 1. The molecule has 0 atom stereocenters. The average molecular weight is 399 g/mol. The van der Waals surface area contributed by atoms with E-state index in [1.807, 2.05) is 0 Å². The second-order valence-corrected chi connectivity index (χ2v) is 7.23. The van der Waals surface area contributed by atoms with E-state index in [9.17, 15) is 14.7 Å². The summed E-state index contributed by atoms with van der Waals surface area (Å²) in [4.78, 5) is 28.5. The van der Waals surface area contributed by atoms with Crippen LogP contribution in [0.15, 0.2) is 57.7 Å². The van der Waals surface area contributed by atoms with Gasteiger partial charge in [-0.1, -0.05) is 23.7 Å². The lowest BCUT2D eigenvalue weighted by molar-refractivity contribution is 0.0629. The fraction of sp³-hybridized carbons (Fsp3) is 0.238. The normalized spacial score (nSPS) is 15.1. The third-order valence-corrected chi connectivity index (χ3v) is 5.30. The van der Waals surface area contributed by atoms with Gasteiger partial charge < -0.3 is 14.4 Å². The van der Waals surface area contributed by atoms with E-state index in [0.717, 1.165) is 10.9 Å². The number of phenols is 1. The van der Waals surface area contributed by atoms with Crippen LogP contribution in [-0.2, 0) is 6.54 Å². The van der Waals surface area contributed by atoms with E-state index in [1.165, 1.54) is 12.1 Å². The number of halogens is 1. The van der Waals surface area contributed by atoms with Gasteiger partial charge in [-0.05, 0) is 29.8 Å². The van der Waals surface area contributed by atoms with Gasteiger partial charge in [0.25, 0.3) is 5.91 Å². The minimum atomic E-state index is -0.444. The number of benzene rings is 2. The maximum atomic E-state index is 12.7. The molecule has 1 aliphatic rings. The molecule has 1 saturated heterocycles. The molecule has 6 nitrogen and oxygen atoms in total. The molecular weight excluding hydrogens is 380 g/mol. The second kappa shape index (κ2) is 7.66. The summed E-state index contributed by atoms with van der Waals surface area (Å²) in [7, 11) is 0. The summed E-state index contributed by atoms with van der Waals surface area (Å²) < 4.78 is 5.18. The molecule has 1 aromatic heterocycles. The van der Waals surface area contributed by atoms with Crippen molar-refractivity contribution in [3.8, 4) is 5.75 Å². The Labute approximate surface area is 166 Å². The zero-order valence-electron chi connectivity index (χ0n) is 15.1. The predicted molar refractivity (Wildman–Crippen MR) is 107 cm³/mol. The molecule has 28 heavy (non-hydrogen) atoms. The van der Waals surface area contributed by atoms with Crippen LogP contribution in [0.25, 0.3) is 11.0 Å². The van der Waals surface area contributed by atoms with Crippen LogP contribution in [0.2, 0.25) is 5.02 Å². The molecule has 0 radical (unpaired) electrons. The van der Waals surface area contributed by atoms with E-state index in [4.69, 9.17) is 16.0 Å². The smallest absolute Gasteiger partial charge is 0.336 e. The maximum Gasteiger partial charge on any atom is 0.336 e. The first-order valence-electron chi connectivity index (χ1n) is 9.03. The Morgan fingerprint density at radius 1 is 1.07 bits per heavy atom. The van der Waals surface area contributed by atoms with Crippen LogP contribution in [0, 0.1) is 0 Å². The summed E-state index contributed by atoms with van der Waals surface area (Å²) in [5.74, 6) is -0.00831. The van der Waals surface area contributed by atoms with Crippen molar-refractivity contribution in [1.29, 1.82) is 0 Å². The highest BCUT2D eigenvalue weighted by molar-refractivity contribution is 6.33. The summed E-state index contributed by atoms with van der Waals surface area (Å²) in [5, 5.41) is 10.9. The Balaban J connectivity index is 1.47. The molecular formula is C21H19ClN2O4. The standard InChI is InChI=1S/C21H19ClN2O4/c22-18-4-2-1-3-17(18)21(27)24-9-7-23(8-10-24)13-14-11-20(26)28-19-12-15(25)5-6-16(14)19/h1-6,11-12,25H,7-10,13H2. The first-order valence-corrected chi connectivity index (χ1v) is 9.41. The van der Waals surface area contributed by atoms with Gasteiger partial charge in [0, 0.05) is 50.2 Å². The molecule has 144 valence electrons. The third kappa shape index (κ3) is 3.74. The fourth-order valence-corrected chi connectivity index (χ4v) is 3.72. The van der Waals surface area contributed by atoms with E-state index in [0.29, 0.717) is 48.9 Å². The van der Waals surface area contributed by atoms with Crippen molar-refractivity contribution in [2.24, 2.45) is 0 Å². The number of carbonyl (C=O) groups excluding carboxylic acids is 1. The van der Waals surface area contributed by atoms with Gasteiger partial charge in [0.1, 0.15) is 11.3 Å². The molecule has 3 aromatic rings. The summed E-state index contributed by atoms with van der Waals surface area (Å²) >= 11 is 6.14. The first kappa shape index (κ1) is 18.5. The molecule has 2 heterocycles. The van der Waals surface area contributed by atoms with Gasteiger partial charge >= 0.3 is 5.63 Å². The van der Waals surface area contributed by atoms with Crippen LogP contribution in [-0.4, -0.2) is 47.0 Å². The van der Waals surface area contributed by atoms with Crippen molar-refractivity contribution < 1.29 is 14.3 Å². The number of piperazine rings is 1. The van der Waals surface area contributed by atoms with Crippen molar-refractivity contribution in [3.63, 3.8) is 0 Å². The fourth-order valence-electron chi connectivity index (χ4n) is 3.50. The highest BCUT2D eigenvalue weighted by Crippen LogP contribution is 2.23. The number of rotatable bonds is 3. The van der Waals surface area contributed by atoms with Crippen molar-refractivity contribution in [3.05, 3.63) is 75.1 Å². The van der Waals surface area contributed by atoms with Gasteiger partial charge in [0.05, 0.1) is 10.6 Å². The van der Waals surface area contributed by atoms with Crippen LogP contribution in [0.5, 0.6) is 5.75 Å². The molecule has 1 amide bonds. The molecule has 1 fully saturated rings. The Morgan fingerprint density at radius 2 is 1.82 bits per heavy atom. The number of hydrogen-bond donors (Lipinski definition) is 1. The van der Waals surface area contributed by atoms with Crippen LogP contribution in [0.4, 0.5) is 0 Å². The molecule has 4 rings (SSSR count). The first-order chi connectivity index (χ1) is 13.5. The molecule has 0 aliphatic carbocycles. The summed E-state index contributed by atoms with van der Waals surface area (Å²) in [6.45, 7) is 3.13. The number of fused-ring (bicyclic) bond motifs is 1. The maximum absolute atomic E-state index is 12.7. The number of amides is 1. The SMILES string of the molecule is O=C(c1ccccc1Cl)N1CCN(Cc2cc(=O)oc3cc(O)ccc23)CC1. The average Bonchev–Trinajstić information content (AvgIpc) is 2.68. The Hall–Kier alpha value is -2.83. The minimum Gasteiger partial charge on any atom is -0.508 e. The number of phenolic OH excluding ortho intramolecular Hbond substituents is 1. The van der Waals surface area contributed by atoms with E-state index in [1.54, 1.807) is 41.3 Å². The summed E-state index contributed by atoms with van der Waals surface area (Å²) in [6.07, 6.45) is 0. The Morgan fingerprint density at radius 3 is 2.57 bits per heavy atom. The lowest BCUT2D eigenvalue weighted by Gasteiger charge is -2.35. The van der Waals surface area contributed by atoms with Gasteiger partial charge in [-0.2, -0.15) is 0 Å². The number of hydrogen-bond acceptors (Lipinski definition) is 5. The van der Waals surface area contributed by atoms with E-state index >= 15 is 0 Å². The highest BCUT2D eigenvalue weighted by Gasteiger charge is 2.24. The third-order valence-electron chi connectivity index (χ3n) is 4.97. The van der Waals surface area contributed by atoms with Crippen LogP contribution in [0.3, 0.4) is 0 Å². The summed E-state index contributed by atoms with van der Waals surface area (Å²) in [6, 6.07) is 13.3. The topological polar surface area (TPSA) is 74.0 Å². The van der Waals surface area contributed by atoms with E-state index in [2.05, 4.69) is 4.90 Å². The number of carbonyl (C=O) groups is 1. The van der Waals surface area contributed by atoms with Gasteiger partial charge in [0.2, 0.25) is 0 Å². The van der Waals surface area contributed by atoms with Crippen LogP contribution >= 0.6 is 11.6 Å². The van der Waals surface area contributed by atoms with Crippen molar-refractivity contribution >= 4 is 28.5 Å². The van der Waals surface area contributed by atoms with Crippen LogP contribution < -0.4 is 5.63 Å². The van der Waals surface area contributed by atoms with E-state index in [-0.39, 0.29) is 11.7 Å². The quantitative estimate of drug-likeness (QED) is 0.686. The number of nitrogens with zero attached hydrogens (tertiary/aromatic N) is 2. The lowest BCUT2D eigenvalue weighted by Crippen LogP contribution is -2.48. The molecule has 0 bridgehead atoms. The predicted octanol–water partition coefficient (Wildman–Crippen LogP) is 3.11. The van der Waals surface area contributed by atoms with Gasteiger partial charge in [-0.25, -0.2) is 4.79 Å². The molecule has 7 heteroatoms. The molecule has 1 N–H and O–H groups in total. The molecule has 0 unspecified atom stereocenters. The Bertz CT molecular complexity index is 1090. The van der Waals surface area contributed by atoms with Crippen LogP contribution in [0.1, 0.15) is 15.9 Å². The Kier molecular flexibility index (Phi) is 5.07. The lowest BCUT2D eigenvalue weighted by atomic mass is 10.1.